The second-order valence-electron chi connectivity index (χ2n) is 8.52. The van der Waals surface area contributed by atoms with E-state index in [0.717, 1.165) is 58.2 Å². The zero-order valence-electron chi connectivity index (χ0n) is 19.8. The fourth-order valence-corrected chi connectivity index (χ4v) is 4.22. The van der Waals surface area contributed by atoms with Gasteiger partial charge in [-0.25, -0.2) is 9.67 Å². The number of benzene rings is 3. The summed E-state index contributed by atoms with van der Waals surface area (Å²) < 4.78 is 13.4. The van der Waals surface area contributed by atoms with Crippen molar-refractivity contribution < 1.29 is 9.47 Å². The first kappa shape index (κ1) is 21.8. The fourth-order valence-electron chi connectivity index (χ4n) is 4.22. The van der Waals surface area contributed by atoms with E-state index in [-0.39, 0.29) is 6.61 Å². The second kappa shape index (κ2) is 9.53. The molecule has 3 heterocycles. The highest BCUT2D eigenvalue weighted by atomic mass is 16.5. The van der Waals surface area contributed by atoms with E-state index in [0.29, 0.717) is 18.0 Å². The van der Waals surface area contributed by atoms with Gasteiger partial charge in [0.2, 0.25) is 0 Å². The SMILES string of the molecule is COc1cc(-c2nc3ccc(C4=NCCN4)cc3[nH]2)ccc1OCc1cn(Cc2ccccc2)nn1. The number of ether oxygens (including phenoxy) is 2. The van der Waals surface area contributed by atoms with Crippen LogP contribution in [0.25, 0.3) is 22.4 Å². The van der Waals surface area contributed by atoms with Crippen LogP contribution in [0.2, 0.25) is 0 Å². The standard InChI is InChI=1S/C27H25N7O2/c1-35-25-14-20(27-30-22-9-7-19(13-23(22)31-27)26-28-11-12-29-26)8-10-24(25)36-17-21-16-34(33-32-21)15-18-5-3-2-4-6-18/h2-10,13-14,16H,11-12,15,17H2,1H3,(H,28,29)(H,30,31). The van der Waals surface area contributed by atoms with Gasteiger partial charge in [0.25, 0.3) is 0 Å². The average molecular weight is 480 g/mol. The lowest BCUT2D eigenvalue weighted by atomic mass is 10.2. The summed E-state index contributed by atoms with van der Waals surface area (Å²) >= 11 is 0. The molecule has 0 atom stereocenters. The van der Waals surface area contributed by atoms with Crippen LogP contribution in [0, 0.1) is 0 Å². The van der Waals surface area contributed by atoms with Crippen molar-refractivity contribution in [3.05, 3.63) is 89.7 Å². The van der Waals surface area contributed by atoms with E-state index in [4.69, 9.17) is 14.5 Å². The lowest BCUT2D eigenvalue weighted by Gasteiger charge is -2.10. The van der Waals surface area contributed by atoms with Crippen molar-refractivity contribution in [2.45, 2.75) is 13.2 Å². The van der Waals surface area contributed by atoms with Crippen LogP contribution in [0.5, 0.6) is 11.5 Å². The Hall–Kier alpha value is -4.66. The van der Waals surface area contributed by atoms with Gasteiger partial charge in [-0.05, 0) is 42.0 Å². The first-order valence-electron chi connectivity index (χ1n) is 11.8. The Morgan fingerprint density at radius 2 is 1.86 bits per heavy atom. The Bertz CT molecular complexity index is 1540. The van der Waals surface area contributed by atoms with E-state index in [1.165, 1.54) is 0 Å². The van der Waals surface area contributed by atoms with Gasteiger partial charge in [0.05, 0.1) is 37.4 Å². The summed E-state index contributed by atoms with van der Waals surface area (Å²) in [4.78, 5) is 12.7. The largest absolute Gasteiger partial charge is 0.493 e. The van der Waals surface area contributed by atoms with E-state index in [2.05, 4.69) is 43.8 Å². The number of aliphatic imine (C=N–C) groups is 1. The van der Waals surface area contributed by atoms with Crippen LogP contribution in [0.15, 0.2) is 77.9 Å². The zero-order valence-corrected chi connectivity index (χ0v) is 19.8. The molecule has 0 saturated carbocycles. The molecule has 9 nitrogen and oxygen atoms in total. The summed E-state index contributed by atoms with van der Waals surface area (Å²) in [5.41, 5.74) is 5.71. The van der Waals surface area contributed by atoms with Crippen LogP contribution in [0.3, 0.4) is 0 Å². The summed E-state index contributed by atoms with van der Waals surface area (Å²) in [5, 5.41) is 11.7. The zero-order chi connectivity index (χ0) is 24.3. The number of hydrogen-bond donors (Lipinski definition) is 2. The molecular formula is C27H25N7O2. The van der Waals surface area contributed by atoms with Crippen LogP contribution in [-0.4, -0.2) is 51.0 Å². The van der Waals surface area contributed by atoms with Crippen LogP contribution >= 0.6 is 0 Å². The minimum absolute atomic E-state index is 0.288. The summed E-state index contributed by atoms with van der Waals surface area (Å²) in [6.45, 7) is 2.63. The molecule has 180 valence electrons. The highest BCUT2D eigenvalue weighted by Gasteiger charge is 2.14. The Balaban J connectivity index is 1.17. The minimum Gasteiger partial charge on any atom is -0.493 e. The van der Waals surface area contributed by atoms with Crippen molar-refractivity contribution >= 4 is 16.9 Å². The molecule has 3 aromatic carbocycles. The maximum absolute atomic E-state index is 6.01. The number of methoxy groups -OCH3 is 1. The minimum atomic E-state index is 0.288. The average Bonchev–Trinajstić information content (AvgIpc) is 3.69. The highest BCUT2D eigenvalue weighted by molar-refractivity contribution is 6.02. The first-order chi connectivity index (χ1) is 17.7. The number of imidazole rings is 1. The van der Waals surface area contributed by atoms with Crippen molar-refractivity contribution in [3.8, 4) is 22.9 Å². The summed E-state index contributed by atoms with van der Waals surface area (Å²) in [5.74, 6) is 2.94. The number of nitrogens with zero attached hydrogens (tertiary/aromatic N) is 5. The van der Waals surface area contributed by atoms with Gasteiger partial charge in [-0.15, -0.1) is 5.10 Å². The molecular weight excluding hydrogens is 454 g/mol. The van der Waals surface area contributed by atoms with E-state index in [9.17, 15) is 0 Å². The number of nitrogens with one attached hydrogen (secondary N) is 2. The van der Waals surface area contributed by atoms with Crippen molar-refractivity contribution in [2.24, 2.45) is 4.99 Å². The van der Waals surface area contributed by atoms with Crippen LogP contribution < -0.4 is 14.8 Å². The van der Waals surface area contributed by atoms with Gasteiger partial charge in [0, 0.05) is 17.7 Å². The van der Waals surface area contributed by atoms with E-state index < -0.39 is 0 Å². The molecule has 6 rings (SSSR count). The van der Waals surface area contributed by atoms with Gasteiger partial charge < -0.3 is 19.8 Å². The van der Waals surface area contributed by atoms with Crippen molar-refractivity contribution in [3.63, 3.8) is 0 Å². The predicted molar refractivity (Wildman–Crippen MR) is 137 cm³/mol. The second-order valence-corrected chi connectivity index (χ2v) is 8.52. The van der Waals surface area contributed by atoms with Crippen molar-refractivity contribution in [1.82, 2.24) is 30.3 Å². The van der Waals surface area contributed by atoms with E-state index in [1.807, 2.05) is 54.7 Å². The molecule has 36 heavy (non-hydrogen) atoms. The number of H-pyrrole nitrogens is 1. The number of aromatic amines is 1. The van der Waals surface area contributed by atoms with Gasteiger partial charge in [-0.3, -0.25) is 4.99 Å². The molecule has 2 aromatic heterocycles. The van der Waals surface area contributed by atoms with Gasteiger partial charge in [-0.1, -0.05) is 35.5 Å². The van der Waals surface area contributed by atoms with Crippen molar-refractivity contribution in [2.75, 3.05) is 20.2 Å². The molecule has 0 unspecified atom stereocenters. The van der Waals surface area contributed by atoms with Gasteiger partial charge in [-0.2, -0.15) is 0 Å². The van der Waals surface area contributed by atoms with Gasteiger partial charge >= 0.3 is 0 Å². The molecule has 0 bridgehead atoms. The summed E-state index contributed by atoms with van der Waals surface area (Å²) in [7, 11) is 1.63. The third-order valence-electron chi connectivity index (χ3n) is 6.02. The highest BCUT2D eigenvalue weighted by Crippen LogP contribution is 2.33. The first-order valence-corrected chi connectivity index (χ1v) is 11.8. The molecule has 0 saturated heterocycles. The van der Waals surface area contributed by atoms with Crippen LogP contribution in [0.1, 0.15) is 16.8 Å². The molecule has 2 N–H and O–H groups in total. The van der Waals surface area contributed by atoms with Crippen molar-refractivity contribution in [1.29, 1.82) is 0 Å². The summed E-state index contributed by atoms with van der Waals surface area (Å²) in [6.07, 6.45) is 1.89. The lowest BCUT2D eigenvalue weighted by molar-refractivity contribution is 0.280. The summed E-state index contributed by atoms with van der Waals surface area (Å²) in [6, 6.07) is 22.0. The Morgan fingerprint density at radius 1 is 0.972 bits per heavy atom. The molecule has 0 fully saturated rings. The molecule has 1 aliphatic rings. The monoisotopic (exact) mass is 479 g/mol. The fraction of sp³-hybridized carbons (Fsp3) is 0.185. The molecule has 0 amide bonds. The van der Waals surface area contributed by atoms with Gasteiger partial charge in [0.15, 0.2) is 11.5 Å². The Kier molecular flexibility index (Phi) is 5.79. The molecule has 1 aliphatic heterocycles. The molecule has 0 aliphatic carbocycles. The quantitative estimate of drug-likeness (QED) is 0.351. The van der Waals surface area contributed by atoms with Gasteiger partial charge in [0.1, 0.15) is 24.0 Å². The molecule has 0 spiro atoms. The third-order valence-corrected chi connectivity index (χ3v) is 6.02. The maximum Gasteiger partial charge on any atom is 0.161 e. The van der Waals surface area contributed by atoms with Crippen LogP contribution in [-0.2, 0) is 13.2 Å². The Labute approximate surface area is 207 Å². The smallest absolute Gasteiger partial charge is 0.161 e. The molecule has 5 aromatic rings. The normalized spacial score (nSPS) is 13.0. The number of rotatable bonds is 8. The van der Waals surface area contributed by atoms with Crippen LogP contribution in [0.4, 0.5) is 0 Å². The van der Waals surface area contributed by atoms with E-state index >= 15 is 0 Å². The third kappa shape index (κ3) is 4.50. The Morgan fingerprint density at radius 3 is 2.69 bits per heavy atom. The molecule has 0 radical (unpaired) electrons. The number of hydrogen-bond acceptors (Lipinski definition) is 7. The number of fused-ring (bicyclic) bond motifs is 1. The number of amidine groups is 1. The molecule has 9 heteroatoms. The number of aromatic nitrogens is 5. The predicted octanol–water partition coefficient (Wildman–Crippen LogP) is 3.81. The lowest BCUT2D eigenvalue weighted by Crippen LogP contribution is -2.19. The van der Waals surface area contributed by atoms with E-state index in [1.54, 1.807) is 11.8 Å². The maximum atomic E-state index is 6.01. The topological polar surface area (TPSA) is 102 Å².